The van der Waals surface area contributed by atoms with E-state index in [1.807, 2.05) is 0 Å². The molecule has 0 radical (unpaired) electrons. The van der Waals surface area contributed by atoms with Gasteiger partial charge in [0.05, 0.1) is 0 Å². The summed E-state index contributed by atoms with van der Waals surface area (Å²) in [7, 11) is 0. The molecule has 1 aliphatic heterocycles. The Labute approximate surface area is 133 Å². The molecule has 1 aromatic rings. The summed E-state index contributed by atoms with van der Waals surface area (Å²) >= 11 is 8.57. The van der Waals surface area contributed by atoms with Gasteiger partial charge < -0.3 is 10.6 Å². The van der Waals surface area contributed by atoms with Crippen molar-refractivity contribution in [1.29, 1.82) is 0 Å². The lowest BCUT2D eigenvalue weighted by Crippen LogP contribution is -2.48. The maximum absolute atomic E-state index is 4.29. The van der Waals surface area contributed by atoms with Gasteiger partial charge in [-0.15, -0.1) is 0 Å². The zero-order chi connectivity index (χ0) is 14.2. The number of hydrogen-bond donors (Lipinski definition) is 4. The first kappa shape index (κ1) is 16.2. The molecular formula is C15H25N3S2. The van der Waals surface area contributed by atoms with Crippen molar-refractivity contribution < 1.29 is 0 Å². The largest absolute Gasteiger partial charge is 0.310 e. The van der Waals surface area contributed by atoms with Gasteiger partial charge in [0.25, 0.3) is 0 Å². The first-order chi connectivity index (χ1) is 9.83. The summed E-state index contributed by atoms with van der Waals surface area (Å²) in [6, 6.07) is 11.7. The third-order valence-electron chi connectivity index (χ3n) is 3.68. The Morgan fingerprint density at radius 3 is 2.00 bits per heavy atom. The lowest BCUT2D eigenvalue weighted by Gasteiger charge is -2.20. The molecule has 0 spiro atoms. The van der Waals surface area contributed by atoms with Gasteiger partial charge in [0.2, 0.25) is 0 Å². The van der Waals surface area contributed by atoms with E-state index in [0.717, 1.165) is 44.2 Å². The van der Waals surface area contributed by atoms with Gasteiger partial charge in [-0.1, -0.05) is 30.3 Å². The maximum Gasteiger partial charge on any atom is 0.0362 e. The number of benzene rings is 1. The molecule has 3 nitrogen and oxygen atoms in total. The predicted octanol–water partition coefficient (Wildman–Crippen LogP) is 1.28. The third kappa shape index (κ3) is 4.97. The van der Waals surface area contributed by atoms with Gasteiger partial charge >= 0.3 is 0 Å². The fourth-order valence-electron chi connectivity index (χ4n) is 2.77. The SMILES string of the molecule is SCCN[C@H]1CN(Cc2ccccc2)C[C@@H]1NCCS. The van der Waals surface area contributed by atoms with Crippen LogP contribution in [0.2, 0.25) is 0 Å². The van der Waals surface area contributed by atoms with E-state index < -0.39 is 0 Å². The second kappa shape index (κ2) is 8.95. The third-order valence-corrected chi connectivity index (χ3v) is 4.13. The Hall–Kier alpha value is -0.200. The summed E-state index contributed by atoms with van der Waals surface area (Å²) in [6.07, 6.45) is 0. The fraction of sp³-hybridized carbons (Fsp3) is 0.600. The van der Waals surface area contributed by atoms with Crippen LogP contribution in [0.4, 0.5) is 0 Å². The monoisotopic (exact) mass is 311 g/mol. The Balaban J connectivity index is 1.88. The number of rotatable bonds is 8. The molecule has 1 heterocycles. The molecule has 5 heteroatoms. The molecule has 0 saturated carbocycles. The predicted molar refractivity (Wildman–Crippen MR) is 93.0 cm³/mol. The van der Waals surface area contributed by atoms with Crippen LogP contribution in [0, 0.1) is 0 Å². The number of likely N-dealkylation sites (tertiary alicyclic amines) is 1. The summed E-state index contributed by atoms with van der Waals surface area (Å²) in [4.78, 5) is 2.52. The van der Waals surface area contributed by atoms with Crippen LogP contribution in [0.5, 0.6) is 0 Å². The van der Waals surface area contributed by atoms with E-state index >= 15 is 0 Å². The van der Waals surface area contributed by atoms with Crippen molar-refractivity contribution in [3.8, 4) is 0 Å². The van der Waals surface area contributed by atoms with Crippen LogP contribution in [0.1, 0.15) is 5.56 Å². The minimum atomic E-state index is 0.505. The van der Waals surface area contributed by atoms with Crippen LogP contribution in [0.15, 0.2) is 30.3 Å². The minimum Gasteiger partial charge on any atom is -0.310 e. The highest BCUT2D eigenvalue weighted by molar-refractivity contribution is 7.80. The van der Waals surface area contributed by atoms with Crippen LogP contribution in [0.3, 0.4) is 0 Å². The van der Waals surface area contributed by atoms with Gasteiger partial charge in [-0.2, -0.15) is 25.3 Å². The Bertz CT molecular complexity index is 359. The van der Waals surface area contributed by atoms with E-state index in [0.29, 0.717) is 12.1 Å². The van der Waals surface area contributed by atoms with Gasteiger partial charge in [0, 0.05) is 56.3 Å². The summed E-state index contributed by atoms with van der Waals surface area (Å²) in [5.74, 6) is 1.77. The molecule has 1 aromatic carbocycles. The summed E-state index contributed by atoms with van der Waals surface area (Å²) in [5.41, 5.74) is 1.38. The van der Waals surface area contributed by atoms with Crippen LogP contribution in [0.25, 0.3) is 0 Å². The van der Waals surface area contributed by atoms with Gasteiger partial charge in [-0.25, -0.2) is 0 Å². The van der Waals surface area contributed by atoms with Gasteiger partial charge in [-0.05, 0) is 5.56 Å². The van der Waals surface area contributed by atoms with Gasteiger partial charge in [0.1, 0.15) is 0 Å². The molecule has 0 unspecified atom stereocenters. The quantitative estimate of drug-likeness (QED) is 0.545. The summed E-state index contributed by atoms with van der Waals surface area (Å²) in [6.45, 7) is 5.14. The number of nitrogens with zero attached hydrogens (tertiary/aromatic N) is 1. The average Bonchev–Trinajstić information content (AvgIpc) is 2.85. The van der Waals surface area contributed by atoms with Gasteiger partial charge in [-0.3, -0.25) is 4.90 Å². The Morgan fingerprint density at radius 1 is 0.950 bits per heavy atom. The lowest BCUT2D eigenvalue weighted by atomic mass is 10.2. The van der Waals surface area contributed by atoms with Crippen LogP contribution >= 0.6 is 25.3 Å². The molecule has 0 amide bonds. The van der Waals surface area contributed by atoms with E-state index in [2.05, 4.69) is 71.1 Å². The maximum atomic E-state index is 4.29. The molecule has 112 valence electrons. The Morgan fingerprint density at radius 2 is 1.50 bits per heavy atom. The lowest BCUT2D eigenvalue weighted by molar-refractivity contribution is 0.317. The molecule has 1 aliphatic rings. The second-order valence-corrected chi connectivity index (χ2v) is 6.14. The van der Waals surface area contributed by atoms with Gasteiger partial charge in [0.15, 0.2) is 0 Å². The molecule has 0 bridgehead atoms. The minimum absolute atomic E-state index is 0.505. The molecule has 2 atom stereocenters. The van der Waals surface area contributed by atoms with Crippen molar-refractivity contribution in [3.63, 3.8) is 0 Å². The first-order valence-corrected chi connectivity index (χ1v) is 8.54. The molecular weight excluding hydrogens is 286 g/mol. The summed E-state index contributed by atoms with van der Waals surface area (Å²) < 4.78 is 0. The number of nitrogens with one attached hydrogen (secondary N) is 2. The second-order valence-electron chi connectivity index (χ2n) is 5.25. The van der Waals surface area contributed by atoms with Crippen molar-refractivity contribution in [2.75, 3.05) is 37.7 Å². The van der Waals surface area contributed by atoms with Crippen molar-refractivity contribution in [3.05, 3.63) is 35.9 Å². The highest BCUT2D eigenvalue weighted by Gasteiger charge is 2.31. The van der Waals surface area contributed by atoms with Crippen molar-refractivity contribution in [1.82, 2.24) is 15.5 Å². The van der Waals surface area contributed by atoms with Crippen LogP contribution in [-0.4, -0.2) is 54.7 Å². The molecule has 1 saturated heterocycles. The molecule has 0 aliphatic carbocycles. The number of hydrogen-bond acceptors (Lipinski definition) is 5. The molecule has 1 fully saturated rings. The topological polar surface area (TPSA) is 27.3 Å². The zero-order valence-corrected chi connectivity index (χ0v) is 13.6. The van der Waals surface area contributed by atoms with E-state index in [9.17, 15) is 0 Å². The van der Waals surface area contributed by atoms with Crippen molar-refractivity contribution in [2.24, 2.45) is 0 Å². The van der Waals surface area contributed by atoms with E-state index in [-0.39, 0.29) is 0 Å². The number of thiol groups is 2. The highest BCUT2D eigenvalue weighted by Crippen LogP contribution is 2.14. The average molecular weight is 312 g/mol. The normalized spacial score (nSPS) is 23.3. The van der Waals surface area contributed by atoms with Crippen LogP contribution in [-0.2, 0) is 6.54 Å². The van der Waals surface area contributed by atoms with E-state index in [1.54, 1.807) is 0 Å². The smallest absolute Gasteiger partial charge is 0.0362 e. The standard InChI is InChI=1S/C15H25N3S2/c19-8-6-16-14-11-18(12-15(14)17-7-9-20)10-13-4-2-1-3-5-13/h1-5,14-17,19-20H,6-12H2/t14-,15-/m0/s1. The van der Waals surface area contributed by atoms with Crippen molar-refractivity contribution in [2.45, 2.75) is 18.6 Å². The molecule has 20 heavy (non-hydrogen) atoms. The van der Waals surface area contributed by atoms with Crippen molar-refractivity contribution >= 4 is 25.3 Å². The Kier molecular flexibility index (Phi) is 7.24. The molecule has 2 N–H and O–H groups in total. The van der Waals surface area contributed by atoms with E-state index in [4.69, 9.17) is 0 Å². The molecule has 0 aromatic heterocycles. The highest BCUT2D eigenvalue weighted by atomic mass is 32.1. The zero-order valence-electron chi connectivity index (χ0n) is 11.8. The fourth-order valence-corrected chi connectivity index (χ4v) is 3.03. The molecule has 2 rings (SSSR count). The van der Waals surface area contributed by atoms with E-state index in [1.165, 1.54) is 5.56 Å². The first-order valence-electron chi connectivity index (χ1n) is 7.28. The summed E-state index contributed by atoms with van der Waals surface area (Å²) in [5, 5.41) is 7.20. The van der Waals surface area contributed by atoms with Crippen LogP contribution < -0.4 is 10.6 Å².